The molecule has 0 spiro atoms. The zero-order valence-electron chi connectivity index (χ0n) is 11.6. The minimum Gasteiger partial charge on any atom is -0.233 e. The van der Waals surface area contributed by atoms with Crippen molar-refractivity contribution >= 4 is 0 Å². The molecule has 2 aromatic carbocycles. The van der Waals surface area contributed by atoms with Crippen LogP contribution in [0.15, 0.2) is 67.3 Å². The SMILES string of the molecule is Cc1ccccc1Cn1c[n+](Cc2ccccc2)cn1. The van der Waals surface area contributed by atoms with E-state index in [1.807, 2.05) is 17.1 Å². The van der Waals surface area contributed by atoms with Gasteiger partial charge in [0.1, 0.15) is 6.54 Å². The van der Waals surface area contributed by atoms with Crippen LogP contribution in [0, 0.1) is 6.92 Å². The van der Waals surface area contributed by atoms with Crippen LogP contribution in [-0.4, -0.2) is 9.78 Å². The number of benzene rings is 2. The van der Waals surface area contributed by atoms with Gasteiger partial charge in [-0.1, -0.05) is 54.6 Å². The number of hydrogen-bond donors (Lipinski definition) is 0. The summed E-state index contributed by atoms with van der Waals surface area (Å²) in [5.74, 6) is 0. The van der Waals surface area contributed by atoms with E-state index in [0.29, 0.717) is 0 Å². The van der Waals surface area contributed by atoms with Crippen molar-refractivity contribution in [3.05, 3.63) is 83.9 Å². The highest BCUT2D eigenvalue weighted by Crippen LogP contribution is 2.07. The first kappa shape index (κ1) is 12.6. The van der Waals surface area contributed by atoms with E-state index < -0.39 is 0 Å². The molecular formula is C17H18N3+. The van der Waals surface area contributed by atoms with Crippen LogP contribution >= 0.6 is 0 Å². The zero-order chi connectivity index (χ0) is 13.8. The van der Waals surface area contributed by atoms with Crippen molar-refractivity contribution in [2.45, 2.75) is 20.0 Å². The third-order valence-electron chi connectivity index (χ3n) is 3.43. The smallest absolute Gasteiger partial charge is 0.233 e. The van der Waals surface area contributed by atoms with Crippen molar-refractivity contribution in [3.63, 3.8) is 0 Å². The Kier molecular flexibility index (Phi) is 3.59. The highest BCUT2D eigenvalue weighted by Gasteiger charge is 2.08. The van der Waals surface area contributed by atoms with Gasteiger partial charge in [0.25, 0.3) is 6.33 Å². The van der Waals surface area contributed by atoms with Crippen LogP contribution in [-0.2, 0) is 13.1 Å². The fourth-order valence-electron chi connectivity index (χ4n) is 2.28. The molecule has 100 valence electrons. The molecule has 0 atom stereocenters. The summed E-state index contributed by atoms with van der Waals surface area (Å²) in [6.07, 6.45) is 3.94. The largest absolute Gasteiger partial charge is 0.265 e. The fourth-order valence-corrected chi connectivity index (χ4v) is 2.28. The summed E-state index contributed by atoms with van der Waals surface area (Å²) in [5, 5.41) is 4.43. The molecule has 0 unspecified atom stereocenters. The third kappa shape index (κ3) is 2.94. The minimum absolute atomic E-state index is 0.814. The molecule has 0 N–H and O–H groups in total. The predicted octanol–water partition coefficient (Wildman–Crippen LogP) is 2.58. The molecule has 1 heterocycles. The van der Waals surface area contributed by atoms with Crippen molar-refractivity contribution in [2.24, 2.45) is 0 Å². The summed E-state index contributed by atoms with van der Waals surface area (Å²) in [7, 11) is 0. The fraction of sp³-hybridized carbons (Fsp3) is 0.176. The number of aromatic nitrogens is 3. The minimum atomic E-state index is 0.814. The molecule has 0 aliphatic rings. The lowest BCUT2D eigenvalue weighted by Gasteiger charge is -2.00. The molecule has 3 aromatic rings. The first-order valence-corrected chi connectivity index (χ1v) is 6.81. The van der Waals surface area contributed by atoms with E-state index in [0.717, 1.165) is 13.1 Å². The van der Waals surface area contributed by atoms with E-state index in [-0.39, 0.29) is 0 Å². The van der Waals surface area contributed by atoms with Crippen LogP contribution < -0.4 is 4.57 Å². The van der Waals surface area contributed by atoms with Crippen molar-refractivity contribution in [1.29, 1.82) is 0 Å². The lowest BCUT2D eigenvalue weighted by atomic mass is 10.1. The van der Waals surface area contributed by atoms with Crippen LogP contribution in [0.3, 0.4) is 0 Å². The van der Waals surface area contributed by atoms with Gasteiger partial charge in [0, 0.05) is 5.10 Å². The van der Waals surface area contributed by atoms with Gasteiger partial charge in [-0.05, 0) is 23.6 Å². The van der Waals surface area contributed by atoms with E-state index in [1.165, 1.54) is 16.7 Å². The van der Waals surface area contributed by atoms with Crippen molar-refractivity contribution in [2.75, 3.05) is 0 Å². The standard InChI is InChI=1S/C17H18N3/c1-15-7-5-6-10-17(15)12-20-14-19(13-18-20)11-16-8-3-2-4-9-16/h2-10,13-14H,11-12H2,1H3/q+1. The van der Waals surface area contributed by atoms with Gasteiger partial charge in [-0.2, -0.15) is 0 Å². The second-order valence-electron chi connectivity index (χ2n) is 5.03. The Morgan fingerprint density at radius 3 is 2.55 bits per heavy atom. The Morgan fingerprint density at radius 2 is 1.75 bits per heavy atom. The topological polar surface area (TPSA) is 21.7 Å². The average molecular weight is 264 g/mol. The van der Waals surface area contributed by atoms with Gasteiger partial charge in [-0.3, -0.25) is 0 Å². The Hall–Kier alpha value is -2.42. The van der Waals surface area contributed by atoms with Gasteiger partial charge in [0.05, 0.1) is 6.54 Å². The van der Waals surface area contributed by atoms with Crippen molar-refractivity contribution in [1.82, 2.24) is 9.78 Å². The van der Waals surface area contributed by atoms with Crippen LogP contribution in [0.4, 0.5) is 0 Å². The number of rotatable bonds is 4. The quantitative estimate of drug-likeness (QED) is 0.664. The molecule has 3 rings (SSSR count). The van der Waals surface area contributed by atoms with Crippen LogP contribution in [0.5, 0.6) is 0 Å². The summed E-state index contributed by atoms with van der Waals surface area (Å²) in [5.41, 5.74) is 3.90. The second kappa shape index (κ2) is 5.70. The van der Waals surface area contributed by atoms with E-state index >= 15 is 0 Å². The number of aryl methyl sites for hydroxylation is 1. The lowest BCUT2D eigenvalue weighted by molar-refractivity contribution is -0.689. The summed E-state index contributed by atoms with van der Waals surface area (Å²) >= 11 is 0. The zero-order valence-corrected chi connectivity index (χ0v) is 11.6. The monoisotopic (exact) mass is 264 g/mol. The van der Waals surface area contributed by atoms with Gasteiger partial charge < -0.3 is 0 Å². The van der Waals surface area contributed by atoms with Crippen LogP contribution in [0.2, 0.25) is 0 Å². The molecule has 3 heteroatoms. The number of nitrogens with zero attached hydrogens (tertiary/aromatic N) is 3. The van der Waals surface area contributed by atoms with Gasteiger partial charge in [-0.25, -0.2) is 4.57 Å². The van der Waals surface area contributed by atoms with Gasteiger partial charge in [-0.15, -0.1) is 4.68 Å². The first-order valence-electron chi connectivity index (χ1n) is 6.81. The molecular weight excluding hydrogens is 246 g/mol. The van der Waals surface area contributed by atoms with Gasteiger partial charge >= 0.3 is 0 Å². The Labute approximate surface area is 119 Å². The maximum atomic E-state index is 4.43. The highest BCUT2D eigenvalue weighted by atomic mass is 15.3. The van der Waals surface area contributed by atoms with E-state index in [2.05, 4.69) is 71.4 Å². The summed E-state index contributed by atoms with van der Waals surface area (Å²) in [6.45, 7) is 3.81. The molecule has 0 radical (unpaired) electrons. The molecule has 0 saturated heterocycles. The maximum absolute atomic E-state index is 4.43. The predicted molar refractivity (Wildman–Crippen MR) is 78.2 cm³/mol. The average Bonchev–Trinajstić information content (AvgIpc) is 2.90. The molecule has 3 nitrogen and oxygen atoms in total. The molecule has 0 bridgehead atoms. The number of hydrogen-bond acceptors (Lipinski definition) is 1. The summed E-state index contributed by atoms with van der Waals surface area (Å²) in [6, 6.07) is 18.9. The van der Waals surface area contributed by atoms with Crippen LogP contribution in [0.1, 0.15) is 16.7 Å². The molecule has 0 fully saturated rings. The summed E-state index contributed by atoms with van der Waals surface area (Å²) in [4.78, 5) is 0. The molecule has 1 aromatic heterocycles. The normalized spacial score (nSPS) is 10.7. The van der Waals surface area contributed by atoms with E-state index in [1.54, 1.807) is 0 Å². The summed E-state index contributed by atoms with van der Waals surface area (Å²) < 4.78 is 4.08. The molecule has 0 amide bonds. The molecule has 0 aliphatic carbocycles. The van der Waals surface area contributed by atoms with Crippen LogP contribution in [0.25, 0.3) is 0 Å². The second-order valence-corrected chi connectivity index (χ2v) is 5.03. The third-order valence-corrected chi connectivity index (χ3v) is 3.43. The van der Waals surface area contributed by atoms with E-state index in [4.69, 9.17) is 0 Å². The van der Waals surface area contributed by atoms with Crippen molar-refractivity contribution in [3.8, 4) is 0 Å². The molecule has 0 saturated carbocycles. The van der Waals surface area contributed by atoms with E-state index in [9.17, 15) is 0 Å². The Balaban J connectivity index is 1.73. The van der Waals surface area contributed by atoms with Crippen molar-refractivity contribution < 1.29 is 4.57 Å². The van der Waals surface area contributed by atoms with Gasteiger partial charge in [0.2, 0.25) is 6.33 Å². The van der Waals surface area contributed by atoms with Gasteiger partial charge in [0.15, 0.2) is 0 Å². The maximum Gasteiger partial charge on any atom is 0.265 e. The Morgan fingerprint density at radius 1 is 1.00 bits per heavy atom. The lowest BCUT2D eigenvalue weighted by Crippen LogP contribution is -2.31. The molecule has 20 heavy (non-hydrogen) atoms. The molecule has 0 aliphatic heterocycles. The highest BCUT2D eigenvalue weighted by molar-refractivity contribution is 5.25. The Bertz CT molecular complexity index is 686. The first-order chi connectivity index (χ1) is 9.81.